The average Bonchev–Trinajstić information content (AvgIpc) is 2.36. The van der Waals surface area contributed by atoms with Crippen molar-refractivity contribution in [1.29, 1.82) is 0 Å². The van der Waals surface area contributed by atoms with Gasteiger partial charge in [-0.2, -0.15) is 4.39 Å². The van der Waals surface area contributed by atoms with E-state index in [4.69, 9.17) is 5.11 Å². The van der Waals surface area contributed by atoms with E-state index in [-0.39, 0.29) is 0 Å². The number of aliphatic carboxylic acids is 1. The van der Waals surface area contributed by atoms with E-state index >= 15 is 0 Å². The van der Waals surface area contributed by atoms with Crippen LogP contribution >= 0.6 is 11.3 Å². The van der Waals surface area contributed by atoms with Gasteiger partial charge in [0.25, 0.3) is 0 Å². The first-order valence-corrected chi connectivity index (χ1v) is 4.14. The molecule has 1 heterocycles. The molecule has 0 bridgehead atoms. The van der Waals surface area contributed by atoms with Crippen LogP contribution in [0.5, 0.6) is 0 Å². The molecule has 0 atom stereocenters. The predicted octanol–water partition coefficient (Wildman–Crippen LogP) is 2.45. The quantitative estimate of drug-likeness (QED) is 0.720. The van der Waals surface area contributed by atoms with Crippen molar-refractivity contribution in [2.45, 2.75) is 6.92 Å². The van der Waals surface area contributed by atoms with Gasteiger partial charge in [-0.1, -0.05) is 0 Å². The molecule has 64 valence electrons. The number of aryl methyl sites for hydroxylation is 1. The van der Waals surface area contributed by atoms with E-state index in [1.807, 2.05) is 6.07 Å². The van der Waals surface area contributed by atoms with E-state index in [0.29, 0.717) is 4.88 Å². The Labute approximate surface area is 73.0 Å². The number of thiophene rings is 1. The Morgan fingerprint density at radius 2 is 2.42 bits per heavy atom. The lowest BCUT2D eigenvalue weighted by atomic mass is 10.3. The van der Waals surface area contributed by atoms with Gasteiger partial charge in [0.15, 0.2) is 0 Å². The highest BCUT2D eigenvalue weighted by Gasteiger charge is 2.06. The van der Waals surface area contributed by atoms with Gasteiger partial charge in [0.1, 0.15) is 0 Å². The van der Waals surface area contributed by atoms with Crippen molar-refractivity contribution in [2.75, 3.05) is 0 Å². The van der Waals surface area contributed by atoms with Crippen molar-refractivity contribution in [3.05, 3.63) is 27.7 Å². The molecule has 0 saturated heterocycles. The fourth-order valence-corrected chi connectivity index (χ4v) is 1.55. The largest absolute Gasteiger partial charge is 0.476 e. The number of carboxylic acid groups (broad SMARTS) is 1. The fourth-order valence-electron chi connectivity index (χ4n) is 0.709. The summed E-state index contributed by atoms with van der Waals surface area (Å²) in [6, 6.07) is 1.81. The maximum atomic E-state index is 12.5. The van der Waals surface area contributed by atoms with Crippen molar-refractivity contribution >= 4 is 23.4 Å². The lowest BCUT2D eigenvalue weighted by Gasteiger charge is -1.89. The lowest BCUT2D eigenvalue weighted by Crippen LogP contribution is -1.93. The maximum absolute atomic E-state index is 12.5. The van der Waals surface area contributed by atoms with Gasteiger partial charge in [0, 0.05) is 4.88 Å². The Morgan fingerprint density at radius 3 is 2.83 bits per heavy atom. The second-order valence-electron chi connectivity index (χ2n) is 2.27. The van der Waals surface area contributed by atoms with Gasteiger partial charge >= 0.3 is 5.97 Å². The van der Waals surface area contributed by atoms with Gasteiger partial charge in [0.2, 0.25) is 5.83 Å². The zero-order valence-electron chi connectivity index (χ0n) is 6.37. The normalized spacial score (nSPS) is 11.7. The number of rotatable bonds is 2. The summed E-state index contributed by atoms with van der Waals surface area (Å²) < 4.78 is 12.5. The highest BCUT2D eigenvalue weighted by Crippen LogP contribution is 2.19. The molecule has 0 unspecified atom stereocenters. The summed E-state index contributed by atoms with van der Waals surface area (Å²) in [6.07, 6.45) is 1.03. The lowest BCUT2D eigenvalue weighted by molar-refractivity contribution is -0.134. The van der Waals surface area contributed by atoms with Crippen LogP contribution in [0.2, 0.25) is 0 Å². The Balaban J connectivity index is 2.95. The summed E-state index contributed by atoms with van der Waals surface area (Å²) in [6.45, 7) is 1.80. The van der Waals surface area contributed by atoms with Gasteiger partial charge in [-0.25, -0.2) is 4.79 Å². The molecular formula is C8H7FO2S. The Hall–Kier alpha value is -1.16. The molecule has 0 saturated carbocycles. The first kappa shape index (κ1) is 8.93. The molecule has 0 radical (unpaired) electrons. The number of carboxylic acids is 1. The van der Waals surface area contributed by atoms with Crippen LogP contribution in [0.3, 0.4) is 0 Å². The smallest absolute Gasteiger partial charge is 0.364 e. The standard InChI is InChI=1S/C8H7FO2S/c1-5-2-3-12-7(5)4-6(9)8(10)11/h2-4H,1H3,(H,10,11)/b6-4+. The molecule has 0 aliphatic heterocycles. The van der Waals surface area contributed by atoms with Gasteiger partial charge in [0.05, 0.1) is 0 Å². The van der Waals surface area contributed by atoms with Crippen LogP contribution < -0.4 is 0 Å². The first-order valence-electron chi connectivity index (χ1n) is 3.26. The third kappa shape index (κ3) is 1.92. The average molecular weight is 186 g/mol. The molecule has 0 amide bonds. The minimum absolute atomic E-state index is 0.648. The minimum Gasteiger partial charge on any atom is -0.476 e. The third-order valence-corrected chi connectivity index (χ3v) is 2.33. The second-order valence-corrected chi connectivity index (χ2v) is 3.21. The second kappa shape index (κ2) is 3.49. The summed E-state index contributed by atoms with van der Waals surface area (Å²) in [5.74, 6) is -2.65. The van der Waals surface area contributed by atoms with E-state index in [1.165, 1.54) is 11.3 Å². The van der Waals surface area contributed by atoms with Gasteiger partial charge in [-0.3, -0.25) is 0 Å². The van der Waals surface area contributed by atoms with Crippen LogP contribution in [-0.4, -0.2) is 11.1 Å². The Kier molecular flexibility index (Phi) is 2.60. The van der Waals surface area contributed by atoms with Crippen molar-refractivity contribution in [3.63, 3.8) is 0 Å². The van der Waals surface area contributed by atoms with Crippen LogP contribution in [-0.2, 0) is 4.79 Å². The molecule has 2 nitrogen and oxygen atoms in total. The maximum Gasteiger partial charge on any atom is 0.364 e. The molecule has 1 aromatic rings. The Morgan fingerprint density at radius 1 is 1.75 bits per heavy atom. The number of carbonyl (C=O) groups is 1. The van der Waals surface area contributed by atoms with Crippen molar-refractivity contribution in [3.8, 4) is 0 Å². The SMILES string of the molecule is Cc1ccsc1/C=C(/F)C(=O)O. The van der Waals surface area contributed by atoms with E-state index in [2.05, 4.69) is 0 Å². The summed E-state index contributed by atoms with van der Waals surface area (Å²) in [7, 11) is 0. The highest BCUT2D eigenvalue weighted by molar-refractivity contribution is 7.11. The molecule has 1 rings (SSSR count). The fraction of sp³-hybridized carbons (Fsp3) is 0.125. The van der Waals surface area contributed by atoms with Crippen LogP contribution in [0.1, 0.15) is 10.4 Å². The zero-order chi connectivity index (χ0) is 9.14. The number of hydrogen-bond acceptors (Lipinski definition) is 2. The van der Waals surface area contributed by atoms with Gasteiger partial charge in [-0.05, 0) is 30.0 Å². The molecule has 0 aromatic carbocycles. The molecule has 0 spiro atoms. The van der Waals surface area contributed by atoms with Crippen molar-refractivity contribution in [1.82, 2.24) is 0 Å². The molecule has 0 aliphatic carbocycles. The molecule has 1 aromatic heterocycles. The highest BCUT2D eigenvalue weighted by atomic mass is 32.1. The van der Waals surface area contributed by atoms with E-state index in [9.17, 15) is 9.18 Å². The summed E-state index contributed by atoms with van der Waals surface area (Å²) >= 11 is 1.32. The number of halogens is 1. The molecule has 0 fully saturated rings. The molecule has 12 heavy (non-hydrogen) atoms. The number of hydrogen-bond donors (Lipinski definition) is 1. The molecule has 4 heteroatoms. The van der Waals surface area contributed by atoms with Gasteiger partial charge < -0.3 is 5.11 Å². The topological polar surface area (TPSA) is 37.3 Å². The van der Waals surface area contributed by atoms with Crippen molar-refractivity contribution < 1.29 is 14.3 Å². The molecule has 0 aliphatic rings. The van der Waals surface area contributed by atoms with Gasteiger partial charge in [-0.15, -0.1) is 11.3 Å². The van der Waals surface area contributed by atoms with E-state index < -0.39 is 11.8 Å². The monoisotopic (exact) mass is 186 g/mol. The summed E-state index contributed by atoms with van der Waals surface area (Å²) in [4.78, 5) is 10.7. The third-order valence-electron chi connectivity index (χ3n) is 1.36. The van der Waals surface area contributed by atoms with Crippen LogP contribution in [0.25, 0.3) is 6.08 Å². The minimum atomic E-state index is -1.53. The van der Waals surface area contributed by atoms with E-state index in [1.54, 1.807) is 12.3 Å². The van der Waals surface area contributed by atoms with Crippen LogP contribution in [0.4, 0.5) is 4.39 Å². The predicted molar refractivity (Wildman–Crippen MR) is 45.8 cm³/mol. The summed E-state index contributed by atoms with van der Waals surface area (Å²) in [5.41, 5.74) is 0.886. The summed E-state index contributed by atoms with van der Waals surface area (Å²) in [5, 5.41) is 10.0. The molecule has 1 N–H and O–H groups in total. The van der Waals surface area contributed by atoms with Crippen LogP contribution in [0.15, 0.2) is 17.3 Å². The van der Waals surface area contributed by atoms with Crippen molar-refractivity contribution in [2.24, 2.45) is 0 Å². The first-order chi connectivity index (χ1) is 5.61. The Bertz CT molecular complexity index is 328. The molecular weight excluding hydrogens is 179 g/mol. The van der Waals surface area contributed by atoms with E-state index in [0.717, 1.165) is 11.6 Å². The zero-order valence-corrected chi connectivity index (χ0v) is 7.19. The van der Waals surface area contributed by atoms with Crippen LogP contribution in [0, 0.1) is 6.92 Å².